The number of aromatic nitrogens is 1. The van der Waals surface area contributed by atoms with Gasteiger partial charge in [0.1, 0.15) is 5.01 Å². The van der Waals surface area contributed by atoms with E-state index in [-0.39, 0.29) is 12.3 Å². The first-order valence-electron chi connectivity index (χ1n) is 7.31. The Morgan fingerprint density at radius 2 is 2.04 bits per heavy atom. The van der Waals surface area contributed by atoms with E-state index < -0.39 is 0 Å². The van der Waals surface area contributed by atoms with Crippen LogP contribution in [0.15, 0.2) is 23.6 Å². The Balaban J connectivity index is 1.81. The molecule has 1 aromatic carbocycles. The molecule has 7 heteroatoms. The van der Waals surface area contributed by atoms with Crippen molar-refractivity contribution in [2.45, 2.75) is 39.4 Å². The van der Waals surface area contributed by atoms with Crippen LogP contribution >= 0.6 is 34.5 Å². The summed E-state index contributed by atoms with van der Waals surface area (Å²) in [6, 6.07) is 5.73. The lowest BCUT2D eigenvalue weighted by molar-refractivity contribution is -0.120. The molecular formula is C16H19Cl2N3OS. The fourth-order valence-corrected chi connectivity index (χ4v) is 2.98. The Morgan fingerprint density at radius 1 is 1.26 bits per heavy atom. The van der Waals surface area contributed by atoms with E-state index in [1.54, 1.807) is 12.1 Å². The predicted octanol–water partition coefficient (Wildman–Crippen LogP) is 3.81. The van der Waals surface area contributed by atoms with Crippen molar-refractivity contribution in [2.24, 2.45) is 0 Å². The van der Waals surface area contributed by atoms with E-state index in [9.17, 15) is 4.79 Å². The molecule has 0 fully saturated rings. The second-order valence-corrected chi connectivity index (χ2v) is 7.23. The number of nitrogens with one attached hydrogen (secondary N) is 2. The number of benzene rings is 1. The minimum absolute atomic E-state index is 0.0613. The van der Waals surface area contributed by atoms with E-state index in [4.69, 9.17) is 23.2 Å². The van der Waals surface area contributed by atoms with Crippen molar-refractivity contribution in [3.63, 3.8) is 0 Å². The maximum atomic E-state index is 12.0. The molecule has 0 radical (unpaired) electrons. The zero-order valence-electron chi connectivity index (χ0n) is 13.0. The third-order valence-corrected chi connectivity index (χ3v) is 4.71. The molecule has 0 bridgehead atoms. The largest absolute Gasteiger partial charge is 0.352 e. The average Bonchev–Trinajstić information content (AvgIpc) is 2.94. The predicted molar refractivity (Wildman–Crippen MR) is 96.1 cm³/mol. The number of hydrogen-bond acceptors (Lipinski definition) is 4. The SMILES string of the molecule is CC(C)NCc1csc(CC(=O)NCc2ccc(Cl)c(Cl)c2)n1. The van der Waals surface area contributed by atoms with Crippen molar-refractivity contribution in [3.05, 3.63) is 49.9 Å². The highest BCUT2D eigenvalue weighted by Gasteiger charge is 2.09. The molecule has 0 aliphatic carbocycles. The van der Waals surface area contributed by atoms with Gasteiger partial charge in [0, 0.05) is 24.5 Å². The van der Waals surface area contributed by atoms with Crippen LogP contribution in [0.3, 0.4) is 0 Å². The summed E-state index contributed by atoms with van der Waals surface area (Å²) >= 11 is 13.3. The van der Waals surface area contributed by atoms with Crippen molar-refractivity contribution in [3.8, 4) is 0 Å². The molecule has 1 amide bonds. The highest BCUT2D eigenvalue weighted by atomic mass is 35.5. The number of amides is 1. The van der Waals surface area contributed by atoms with Crippen LogP contribution in [0.1, 0.15) is 30.1 Å². The first-order chi connectivity index (χ1) is 10.9. The molecule has 0 aliphatic rings. The second-order valence-electron chi connectivity index (χ2n) is 5.47. The Hall–Kier alpha value is -1.14. The minimum atomic E-state index is -0.0613. The van der Waals surface area contributed by atoms with Gasteiger partial charge in [-0.1, -0.05) is 43.1 Å². The number of rotatable bonds is 7. The van der Waals surface area contributed by atoms with Crippen molar-refractivity contribution in [2.75, 3.05) is 0 Å². The molecule has 2 N–H and O–H groups in total. The van der Waals surface area contributed by atoms with Gasteiger partial charge in [0.05, 0.1) is 22.2 Å². The molecule has 0 saturated carbocycles. The van der Waals surface area contributed by atoms with E-state index >= 15 is 0 Å². The Labute approximate surface area is 150 Å². The van der Waals surface area contributed by atoms with Crippen LogP contribution in [0.25, 0.3) is 0 Å². The monoisotopic (exact) mass is 371 g/mol. The van der Waals surface area contributed by atoms with Gasteiger partial charge in [-0.2, -0.15) is 0 Å². The summed E-state index contributed by atoms with van der Waals surface area (Å²) < 4.78 is 0. The molecule has 2 aromatic rings. The molecule has 0 aliphatic heterocycles. The van der Waals surface area contributed by atoms with Crippen LogP contribution in [-0.4, -0.2) is 16.9 Å². The minimum Gasteiger partial charge on any atom is -0.352 e. The summed E-state index contributed by atoms with van der Waals surface area (Å²) in [6.45, 7) is 5.31. The maximum Gasteiger partial charge on any atom is 0.227 e. The lowest BCUT2D eigenvalue weighted by atomic mass is 10.2. The average molecular weight is 372 g/mol. The van der Waals surface area contributed by atoms with Gasteiger partial charge in [0.15, 0.2) is 0 Å². The van der Waals surface area contributed by atoms with Gasteiger partial charge in [0.2, 0.25) is 5.91 Å². The van der Waals surface area contributed by atoms with Crippen LogP contribution in [-0.2, 0) is 24.3 Å². The van der Waals surface area contributed by atoms with Gasteiger partial charge in [-0.15, -0.1) is 11.3 Å². The Morgan fingerprint density at radius 3 is 2.74 bits per heavy atom. The van der Waals surface area contributed by atoms with Gasteiger partial charge in [-0.3, -0.25) is 4.79 Å². The maximum absolute atomic E-state index is 12.0. The third kappa shape index (κ3) is 6.11. The number of nitrogens with zero attached hydrogens (tertiary/aromatic N) is 1. The summed E-state index contributed by atoms with van der Waals surface area (Å²) in [4.78, 5) is 16.5. The molecule has 4 nitrogen and oxygen atoms in total. The van der Waals surface area contributed by atoms with Crippen LogP contribution < -0.4 is 10.6 Å². The topological polar surface area (TPSA) is 54.0 Å². The van der Waals surface area contributed by atoms with Crippen molar-refractivity contribution < 1.29 is 4.79 Å². The fraction of sp³-hybridized carbons (Fsp3) is 0.375. The molecular weight excluding hydrogens is 353 g/mol. The molecule has 0 saturated heterocycles. The van der Waals surface area contributed by atoms with E-state index in [1.807, 2.05) is 11.4 Å². The molecule has 23 heavy (non-hydrogen) atoms. The third-order valence-electron chi connectivity index (χ3n) is 3.08. The Kier molecular flexibility index (Phi) is 6.84. The molecule has 0 atom stereocenters. The van der Waals surface area contributed by atoms with E-state index in [0.717, 1.165) is 22.8 Å². The van der Waals surface area contributed by atoms with Gasteiger partial charge in [-0.05, 0) is 17.7 Å². The number of carbonyl (C=O) groups is 1. The number of carbonyl (C=O) groups excluding carboxylic acids is 1. The zero-order chi connectivity index (χ0) is 16.8. The van der Waals surface area contributed by atoms with Crippen LogP contribution in [0.2, 0.25) is 10.0 Å². The van der Waals surface area contributed by atoms with Gasteiger partial charge in [0.25, 0.3) is 0 Å². The van der Waals surface area contributed by atoms with Crippen molar-refractivity contribution in [1.29, 1.82) is 0 Å². The number of hydrogen-bond donors (Lipinski definition) is 2. The van der Waals surface area contributed by atoms with Crippen LogP contribution in [0.5, 0.6) is 0 Å². The van der Waals surface area contributed by atoms with Gasteiger partial charge in [-0.25, -0.2) is 4.98 Å². The van der Waals surface area contributed by atoms with Crippen molar-refractivity contribution >= 4 is 40.4 Å². The summed E-state index contributed by atoms with van der Waals surface area (Å²) in [5.74, 6) is -0.0613. The van der Waals surface area contributed by atoms with Gasteiger partial charge < -0.3 is 10.6 Å². The summed E-state index contributed by atoms with van der Waals surface area (Å²) in [5.41, 5.74) is 1.88. The number of halogens is 2. The lowest BCUT2D eigenvalue weighted by Gasteiger charge is -2.06. The molecule has 2 rings (SSSR count). The molecule has 0 spiro atoms. The normalized spacial score (nSPS) is 11.0. The quantitative estimate of drug-likeness (QED) is 0.777. The number of thiazole rings is 1. The highest BCUT2D eigenvalue weighted by molar-refractivity contribution is 7.09. The standard InChI is InChI=1S/C16H19Cl2N3OS/c1-10(2)19-8-12-9-23-16(21-12)6-15(22)20-7-11-3-4-13(17)14(18)5-11/h3-5,9-10,19H,6-8H2,1-2H3,(H,20,22). The van der Waals surface area contributed by atoms with Crippen LogP contribution in [0, 0.1) is 0 Å². The molecule has 0 unspecified atom stereocenters. The summed E-state index contributed by atoms with van der Waals surface area (Å²) in [7, 11) is 0. The first kappa shape index (κ1) is 18.2. The van der Waals surface area contributed by atoms with E-state index in [0.29, 0.717) is 22.6 Å². The second kappa shape index (κ2) is 8.64. The fourth-order valence-electron chi connectivity index (χ4n) is 1.87. The van der Waals surface area contributed by atoms with Gasteiger partial charge >= 0.3 is 0 Å². The summed E-state index contributed by atoms with van der Waals surface area (Å²) in [5, 5.41) is 9.96. The smallest absolute Gasteiger partial charge is 0.227 e. The van der Waals surface area contributed by atoms with E-state index in [2.05, 4.69) is 29.5 Å². The molecule has 1 aromatic heterocycles. The highest BCUT2D eigenvalue weighted by Crippen LogP contribution is 2.22. The molecule has 1 heterocycles. The Bertz CT molecular complexity index is 673. The van der Waals surface area contributed by atoms with Crippen LogP contribution in [0.4, 0.5) is 0 Å². The lowest BCUT2D eigenvalue weighted by Crippen LogP contribution is -2.24. The summed E-state index contributed by atoms with van der Waals surface area (Å²) in [6.07, 6.45) is 0.285. The molecule has 124 valence electrons. The van der Waals surface area contributed by atoms with Crippen molar-refractivity contribution in [1.82, 2.24) is 15.6 Å². The zero-order valence-corrected chi connectivity index (χ0v) is 15.4. The first-order valence-corrected chi connectivity index (χ1v) is 8.95. The van der Waals surface area contributed by atoms with E-state index in [1.165, 1.54) is 11.3 Å².